The number of aromatic amines is 1. The van der Waals surface area contributed by atoms with E-state index in [1.807, 2.05) is 0 Å². The molecule has 9 atom stereocenters. The van der Waals surface area contributed by atoms with Crippen molar-refractivity contribution in [1.29, 1.82) is 0 Å². The van der Waals surface area contributed by atoms with Gasteiger partial charge in [-0.2, -0.15) is 0 Å². The third kappa shape index (κ3) is 25.7. The molecular formula is C44H78N18O12. The number of nitrogens with one attached hydrogen (secondary N) is 10. The molecule has 0 spiro atoms. The van der Waals surface area contributed by atoms with E-state index in [1.165, 1.54) is 33.3 Å². The van der Waals surface area contributed by atoms with Gasteiger partial charge < -0.3 is 91.7 Å². The van der Waals surface area contributed by atoms with E-state index in [0.717, 1.165) is 0 Å². The number of hydrogen-bond acceptors (Lipinski definition) is 15. The molecule has 9 amide bonds. The average Bonchev–Trinajstić information content (AvgIpc) is 3.83. The van der Waals surface area contributed by atoms with Crippen LogP contribution in [-0.4, -0.2) is 172 Å². The van der Waals surface area contributed by atoms with Crippen LogP contribution in [0, 0.1) is 11.8 Å². The van der Waals surface area contributed by atoms with Crippen LogP contribution in [0.15, 0.2) is 22.5 Å². The van der Waals surface area contributed by atoms with Gasteiger partial charge in [-0.25, -0.2) is 9.78 Å². The molecular weight excluding hydrogens is 973 g/mol. The second kappa shape index (κ2) is 33.2. The molecule has 30 heteroatoms. The van der Waals surface area contributed by atoms with Gasteiger partial charge in [-0.3, -0.25) is 53.1 Å². The predicted molar refractivity (Wildman–Crippen MR) is 269 cm³/mol. The number of carboxylic acids is 1. The number of H-pyrrole nitrogens is 1. The van der Waals surface area contributed by atoms with E-state index in [2.05, 4.69) is 67.8 Å². The van der Waals surface area contributed by atoms with Gasteiger partial charge in [0, 0.05) is 31.4 Å². The fourth-order valence-corrected chi connectivity index (χ4v) is 6.70. The lowest BCUT2D eigenvalue weighted by atomic mass is 10.0. The number of amides is 9. The van der Waals surface area contributed by atoms with E-state index in [9.17, 15) is 58.2 Å². The number of aliphatic imine (C=N–C) groups is 2. The third-order valence-corrected chi connectivity index (χ3v) is 10.6. The molecule has 30 nitrogen and oxygen atoms in total. The van der Waals surface area contributed by atoms with Crippen LogP contribution in [0.25, 0.3) is 0 Å². The lowest BCUT2D eigenvalue weighted by Gasteiger charge is -2.26. The zero-order valence-electron chi connectivity index (χ0n) is 43.0. The van der Waals surface area contributed by atoms with Gasteiger partial charge in [0.2, 0.25) is 53.2 Å². The first kappa shape index (κ1) is 64.4. The quantitative estimate of drug-likeness (QED) is 0.0173. The summed E-state index contributed by atoms with van der Waals surface area (Å²) in [7, 11) is 0. The maximum atomic E-state index is 14.0. The number of carbonyl (C=O) groups excluding carboxylic acids is 9. The van der Waals surface area contributed by atoms with Gasteiger partial charge in [0.25, 0.3) is 0 Å². The molecule has 0 aliphatic rings. The lowest BCUT2D eigenvalue weighted by molar-refractivity contribution is -0.142. The van der Waals surface area contributed by atoms with E-state index in [-0.39, 0.29) is 81.8 Å². The largest absolute Gasteiger partial charge is 0.480 e. The van der Waals surface area contributed by atoms with Crippen molar-refractivity contribution in [3.05, 3.63) is 18.2 Å². The molecule has 0 saturated carbocycles. The van der Waals surface area contributed by atoms with Crippen LogP contribution in [-0.2, 0) is 54.4 Å². The number of hydrogen-bond donors (Lipinski definition) is 17. The van der Waals surface area contributed by atoms with Gasteiger partial charge in [0.05, 0.1) is 25.5 Å². The number of nitrogens with zero attached hydrogens (tertiary/aromatic N) is 3. The highest BCUT2D eigenvalue weighted by Gasteiger charge is 2.33. The van der Waals surface area contributed by atoms with Crippen molar-refractivity contribution in [3.8, 4) is 0 Å². The molecule has 74 heavy (non-hydrogen) atoms. The SMILES string of the molecule is CC(C)C[C@H](NC(=O)CNC(=O)[C@H](CC(C)C)NC(=O)[C@H](Cc1cnc[nH]1)NC(=O)[C@H](CO)NC(=O)[C@H](C)NC(=O)[C@H](CCCN=C(N)N)NC(=O)[C@H](C)N)C(=O)N[C@@H](C)C(=O)N[C@@H](CCCN=C(N)N)C(=O)O. The molecule has 0 unspecified atom stereocenters. The molecule has 0 fully saturated rings. The number of carboxylic acid groups (broad SMARTS) is 1. The highest BCUT2D eigenvalue weighted by molar-refractivity contribution is 5.98. The van der Waals surface area contributed by atoms with Crippen molar-refractivity contribution in [2.45, 2.75) is 148 Å². The summed E-state index contributed by atoms with van der Waals surface area (Å²) in [5, 5.41) is 42.0. The molecule has 0 bridgehead atoms. The second-order valence-electron chi connectivity index (χ2n) is 18.4. The molecule has 0 saturated heterocycles. The van der Waals surface area contributed by atoms with Crippen LogP contribution in [0.1, 0.15) is 92.7 Å². The molecule has 1 heterocycles. The summed E-state index contributed by atoms with van der Waals surface area (Å²) >= 11 is 0. The first-order valence-corrected chi connectivity index (χ1v) is 24.0. The maximum Gasteiger partial charge on any atom is 0.326 e. The zero-order chi connectivity index (χ0) is 56.2. The lowest BCUT2D eigenvalue weighted by Crippen LogP contribution is -2.60. The van der Waals surface area contributed by atoms with Gasteiger partial charge in [0.15, 0.2) is 11.9 Å². The summed E-state index contributed by atoms with van der Waals surface area (Å²) in [5.74, 6) is -9.45. The molecule has 1 aromatic rings. The zero-order valence-corrected chi connectivity index (χ0v) is 43.0. The highest BCUT2D eigenvalue weighted by atomic mass is 16.4. The Balaban J connectivity index is 3.11. The number of aromatic nitrogens is 2. The summed E-state index contributed by atoms with van der Waals surface area (Å²) in [4.78, 5) is 146. The number of nitrogens with two attached hydrogens (primary N) is 5. The standard InChI is InChI=1S/C44H78N18O12/c1-21(2)14-29(37(68)53-18-33(64)57-30(15-22(3)4)39(70)56-24(6)35(66)59-28(42(73)74)11-9-13-52-44(48)49)60-40(71)31(16-26-17-50-20-54-26)61-41(72)32(19-63)62-36(67)25(7)55-38(69)27(58-34(65)23(5)45)10-8-12-51-43(46)47/h17,20-25,27-32,63H,8-16,18-19,45H2,1-7H3,(H,50,54)(H,53,68)(H,55,69)(H,56,70)(H,57,64)(H,58,65)(H,59,66)(H,60,71)(H,61,72)(H,62,67)(H,73,74)(H4,46,47,51)(H4,48,49,52)/t23-,24-,25-,27-,28-,29-,30-,31-,32-/m0/s1. The van der Waals surface area contributed by atoms with Crippen LogP contribution in [0.4, 0.5) is 0 Å². The smallest absolute Gasteiger partial charge is 0.326 e. The number of aliphatic hydroxyl groups is 1. The normalized spacial score (nSPS) is 14.6. The first-order chi connectivity index (χ1) is 34.6. The van der Waals surface area contributed by atoms with Crippen molar-refractivity contribution in [2.75, 3.05) is 26.2 Å². The van der Waals surface area contributed by atoms with Crippen LogP contribution in [0.3, 0.4) is 0 Å². The Morgan fingerprint density at radius 2 is 1.00 bits per heavy atom. The highest BCUT2D eigenvalue weighted by Crippen LogP contribution is 2.09. The van der Waals surface area contributed by atoms with Crippen molar-refractivity contribution < 1.29 is 58.2 Å². The predicted octanol–water partition coefficient (Wildman–Crippen LogP) is -6.39. The maximum absolute atomic E-state index is 14.0. The van der Waals surface area contributed by atoms with E-state index in [1.54, 1.807) is 27.7 Å². The number of aliphatic hydroxyl groups excluding tert-OH is 1. The Morgan fingerprint density at radius 3 is 1.46 bits per heavy atom. The van der Waals surface area contributed by atoms with Crippen LogP contribution < -0.4 is 76.5 Å². The Morgan fingerprint density at radius 1 is 0.568 bits per heavy atom. The number of carbonyl (C=O) groups is 10. The van der Waals surface area contributed by atoms with Gasteiger partial charge in [-0.05, 0) is 71.1 Å². The second-order valence-corrected chi connectivity index (χ2v) is 18.4. The average molecular weight is 1050 g/mol. The first-order valence-electron chi connectivity index (χ1n) is 24.0. The van der Waals surface area contributed by atoms with E-state index in [4.69, 9.17) is 28.7 Å². The van der Waals surface area contributed by atoms with Crippen LogP contribution >= 0.6 is 0 Å². The molecule has 0 aliphatic carbocycles. The van der Waals surface area contributed by atoms with Gasteiger partial charge in [0.1, 0.15) is 48.3 Å². The van der Waals surface area contributed by atoms with Crippen LogP contribution in [0.2, 0.25) is 0 Å². The van der Waals surface area contributed by atoms with Crippen molar-refractivity contribution >= 4 is 71.1 Å². The van der Waals surface area contributed by atoms with E-state index >= 15 is 0 Å². The molecule has 1 aromatic heterocycles. The minimum absolute atomic E-state index is 0.00835. The fraction of sp³-hybridized carbons (Fsp3) is 0.659. The molecule has 416 valence electrons. The van der Waals surface area contributed by atoms with E-state index < -0.39 is 127 Å². The van der Waals surface area contributed by atoms with Gasteiger partial charge in [-0.15, -0.1) is 0 Å². The summed E-state index contributed by atoms with van der Waals surface area (Å²) < 4.78 is 0. The Bertz CT molecular complexity index is 2090. The Labute approximate surface area is 428 Å². The Hall–Kier alpha value is -7.63. The minimum atomic E-state index is -1.66. The number of rotatable bonds is 34. The topological polar surface area (TPSA) is 503 Å². The van der Waals surface area contributed by atoms with Crippen molar-refractivity contribution in [2.24, 2.45) is 50.5 Å². The summed E-state index contributed by atoms with van der Waals surface area (Å²) in [6, 6.07) is -11.6. The molecule has 0 radical (unpaired) electrons. The van der Waals surface area contributed by atoms with E-state index in [0.29, 0.717) is 5.69 Å². The van der Waals surface area contributed by atoms with Crippen molar-refractivity contribution in [3.63, 3.8) is 0 Å². The molecule has 22 N–H and O–H groups in total. The number of imidazole rings is 1. The third-order valence-electron chi connectivity index (χ3n) is 10.6. The fourth-order valence-electron chi connectivity index (χ4n) is 6.70. The van der Waals surface area contributed by atoms with Gasteiger partial charge >= 0.3 is 5.97 Å². The van der Waals surface area contributed by atoms with Crippen molar-refractivity contribution in [1.82, 2.24) is 57.8 Å². The number of aliphatic carboxylic acids is 1. The number of guanidine groups is 2. The summed E-state index contributed by atoms with van der Waals surface area (Å²) in [6.07, 6.45) is 3.18. The Kier molecular flexibility index (Phi) is 28.9. The monoisotopic (exact) mass is 1050 g/mol. The van der Waals surface area contributed by atoms with Crippen LogP contribution in [0.5, 0.6) is 0 Å². The molecule has 0 aromatic carbocycles. The minimum Gasteiger partial charge on any atom is -0.480 e. The molecule has 1 rings (SSSR count). The summed E-state index contributed by atoms with van der Waals surface area (Å²) in [6.45, 7) is 9.76. The molecule has 0 aliphatic heterocycles. The van der Waals surface area contributed by atoms with Gasteiger partial charge in [-0.1, -0.05) is 27.7 Å². The summed E-state index contributed by atoms with van der Waals surface area (Å²) in [5.41, 5.74) is 27.3.